The van der Waals surface area contributed by atoms with Crippen LogP contribution in [0.25, 0.3) is 0 Å². The van der Waals surface area contributed by atoms with E-state index in [9.17, 15) is 22.4 Å². The van der Waals surface area contributed by atoms with E-state index < -0.39 is 23.5 Å². The fourth-order valence-corrected chi connectivity index (χ4v) is 1.81. The molecule has 0 bridgehead atoms. The zero-order chi connectivity index (χ0) is 17.0. The minimum atomic E-state index is -4.47. The van der Waals surface area contributed by atoms with Crippen molar-refractivity contribution in [2.75, 3.05) is 12.4 Å². The minimum absolute atomic E-state index is 0.0466. The molecule has 4 nitrogen and oxygen atoms in total. The first-order valence-electron chi connectivity index (χ1n) is 6.45. The summed E-state index contributed by atoms with van der Waals surface area (Å²) >= 11 is 0. The smallest absolute Gasteiger partial charge is 0.417 e. The molecule has 0 saturated heterocycles. The Hall–Kier alpha value is -2.64. The van der Waals surface area contributed by atoms with Gasteiger partial charge in [0, 0.05) is 18.3 Å². The number of ether oxygens (including phenoxy) is 1. The second-order valence-electron chi connectivity index (χ2n) is 4.58. The number of nitrogens with zero attached hydrogens (tertiary/aromatic N) is 1. The first kappa shape index (κ1) is 16.7. The Morgan fingerprint density at radius 1 is 1.26 bits per heavy atom. The van der Waals surface area contributed by atoms with Gasteiger partial charge < -0.3 is 10.1 Å². The summed E-state index contributed by atoms with van der Waals surface area (Å²) in [6.45, 7) is -0.0466. The van der Waals surface area contributed by atoms with Crippen LogP contribution < -0.4 is 5.32 Å². The Labute approximate surface area is 129 Å². The van der Waals surface area contributed by atoms with Crippen LogP contribution in [-0.2, 0) is 17.5 Å². The Balaban J connectivity index is 2.10. The van der Waals surface area contributed by atoms with Crippen molar-refractivity contribution in [2.24, 2.45) is 0 Å². The topological polar surface area (TPSA) is 51.2 Å². The summed E-state index contributed by atoms with van der Waals surface area (Å²) in [5, 5.41) is 2.69. The number of carbonyl (C=O) groups excluding carboxylic acids is 1. The lowest BCUT2D eigenvalue weighted by Crippen LogP contribution is -2.08. The second kappa shape index (κ2) is 6.64. The summed E-state index contributed by atoms with van der Waals surface area (Å²) in [6.07, 6.45) is -3.78. The number of halogens is 4. The molecule has 0 saturated carbocycles. The third-order valence-electron chi connectivity index (χ3n) is 3.02. The molecule has 0 fully saturated rings. The predicted molar refractivity (Wildman–Crippen MR) is 74.3 cm³/mol. The lowest BCUT2D eigenvalue weighted by atomic mass is 10.1. The predicted octanol–water partition coefficient (Wildman–Crippen LogP) is 3.64. The summed E-state index contributed by atoms with van der Waals surface area (Å²) < 4.78 is 55.5. The van der Waals surface area contributed by atoms with Crippen LogP contribution in [0.2, 0.25) is 0 Å². The lowest BCUT2D eigenvalue weighted by Gasteiger charge is -2.10. The minimum Gasteiger partial charge on any atom is -0.465 e. The number of benzene rings is 1. The molecular formula is C15H12F4N2O2. The van der Waals surface area contributed by atoms with E-state index in [0.717, 1.165) is 18.2 Å². The summed E-state index contributed by atoms with van der Waals surface area (Å²) in [6, 6.07) is 5.71. The SMILES string of the molecule is COC(=O)c1ccc(F)c(CNc2ccc(C(F)(F)F)cn2)c1. The van der Waals surface area contributed by atoms with Crippen molar-refractivity contribution in [3.05, 3.63) is 59.0 Å². The third kappa shape index (κ3) is 4.18. The monoisotopic (exact) mass is 328 g/mol. The van der Waals surface area contributed by atoms with E-state index >= 15 is 0 Å². The zero-order valence-electron chi connectivity index (χ0n) is 11.9. The molecule has 8 heteroatoms. The highest BCUT2D eigenvalue weighted by Crippen LogP contribution is 2.28. The van der Waals surface area contributed by atoms with Crippen LogP contribution in [0.3, 0.4) is 0 Å². The van der Waals surface area contributed by atoms with E-state index in [1.807, 2.05) is 0 Å². The molecule has 2 aromatic rings. The average molecular weight is 328 g/mol. The molecule has 0 atom stereocenters. The van der Waals surface area contributed by atoms with Crippen molar-refractivity contribution in [2.45, 2.75) is 12.7 Å². The lowest BCUT2D eigenvalue weighted by molar-refractivity contribution is -0.137. The van der Waals surface area contributed by atoms with Crippen molar-refractivity contribution in [1.82, 2.24) is 4.98 Å². The molecule has 0 aliphatic heterocycles. The first-order valence-corrected chi connectivity index (χ1v) is 6.45. The summed E-state index contributed by atoms with van der Waals surface area (Å²) in [5.41, 5.74) is -0.539. The Morgan fingerprint density at radius 3 is 2.57 bits per heavy atom. The molecule has 0 amide bonds. The number of aromatic nitrogens is 1. The van der Waals surface area contributed by atoms with Crippen LogP contribution in [0.5, 0.6) is 0 Å². The number of hydrogen-bond donors (Lipinski definition) is 1. The number of anilines is 1. The number of pyridine rings is 1. The van der Waals surface area contributed by atoms with Gasteiger partial charge in [0.1, 0.15) is 11.6 Å². The number of alkyl halides is 3. The highest BCUT2D eigenvalue weighted by Gasteiger charge is 2.30. The third-order valence-corrected chi connectivity index (χ3v) is 3.02. The van der Waals surface area contributed by atoms with Crippen LogP contribution in [-0.4, -0.2) is 18.1 Å². The fraction of sp³-hybridized carbons (Fsp3) is 0.200. The maximum atomic E-state index is 13.7. The summed E-state index contributed by atoms with van der Waals surface area (Å²) in [4.78, 5) is 15.0. The molecule has 0 aliphatic rings. The van der Waals surface area contributed by atoms with Gasteiger partial charge in [0.15, 0.2) is 0 Å². The van der Waals surface area contributed by atoms with E-state index in [0.29, 0.717) is 6.20 Å². The van der Waals surface area contributed by atoms with Crippen LogP contribution >= 0.6 is 0 Å². The molecule has 122 valence electrons. The summed E-state index contributed by atoms with van der Waals surface area (Å²) in [5.74, 6) is -1.02. The van der Waals surface area contributed by atoms with Gasteiger partial charge in [-0.1, -0.05) is 0 Å². The van der Waals surface area contributed by atoms with Crippen molar-refractivity contribution < 1.29 is 27.1 Å². The van der Waals surface area contributed by atoms with E-state index in [-0.39, 0.29) is 23.5 Å². The molecule has 1 aromatic heterocycles. The van der Waals surface area contributed by atoms with Crippen molar-refractivity contribution >= 4 is 11.8 Å². The zero-order valence-corrected chi connectivity index (χ0v) is 11.9. The maximum Gasteiger partial charge on any atom is 0.417 e. The van der Waals surface area contributed by atoms with Gasteiger partial charge in [0.25, 0.3) is 0 Å². The van der Waals surface area contributed by atoms with E-state index in [2.05, 4.69) is 15.0 Å². The molecular weight excluding hydrogens is 316 g/mol. The molecule has 2 rings (SSSR count). The van der Waals surface area contributed by atoms with E-state index in [1.165, 1.54) is 19.2 Å². The number of esters is 1. The quantitative estimate of drug-likeness (QED) is 0.688. The Bertz CT molecular complexity index is 700. The number of nitrogens with one attached hydrogen (secondary N) is 1. The van der Waals surface area contributed by atoms with Crippen LogP contribution in [0, 0.1) is 5.82 Å². The number of carbonyl (C=O) groups is 1. The van der Waals surface area contributed by atoms with E-state index in [1.54, 1.807) is 0 Å². The van der Waals surface area contributed by atoms with Gasteiger partial charge in [-0.25, -0.2) is 14.2 Å². The van der Waals surface area contributed by atoms with Gasteiger partial charge in [-0.2, -0.15) is 13.2 Å². The molecule has 0 radical (unpaired) electrons. The van der Waals surface area contributed by atoms with Gasteiger partial charge in [0.05, 0.1) is 18.2 Å². The van der Waals surface area contributed by atoms with Crippen molar-refractivity contribution in [1.29, 1.82) is 0 Å². The molecule has 23 heavy (non-hydrogen) atoms. The Kier molecular flexibility index (Phi) is 4.83. The Morgan fingerprint density at radius 2 is 2.00 bits per heavy atom. The number of hydrogen-bond acceptors (Lipinski definition) is 4. The molecule has 0 unspecified atom stereocenters. The van der Waals surface area contributed by atoms with E-state index in [4.69, 9.17) is 0 Å². The van der Waals surface area contributed by atoms with Gasteiger partial charge >= 0.3 is 12.1 Å². The van der Waals surface area contributed by atoms with Gasteiger partial charge in [-0.3, -0.25) is 0 Å². The molecule has 1 N–H and O–H groups in total. The summed E-state index contributed by atoms with van der Waals surface area (Å²) in [7, 11) is 1.20. The van der Waals surface area contributed by atoms with Crippen molar-refractivity contribution in [3.8, 4) is 0 Å². The second-order valence-corrected chi connectivity index (χ2v) is 4.58. The van der Waals surface area contributed by atoms with Crippen molar-refractivity contribution in [3.63, 3.8) is 0 Å². The first-order chi connectivity index (χ1) is 10.8. The van der Waals surface area contributed by atoms with Crippen LogP contribution in [0.1, 0.15) is 21.5 Å². The molecule has 0 aliphatic carbocycles. The van der Waals surface area contributed by atoms with Crippen LogP contribution in [0.4, 0.5) is 23.4 Å². The normalized spacial score (nSPS) is 11.2. The molecule has 1 aromatic carbocycles. The average Bonchev–Trinajstić information content (AvgIpc) is 2.53. The number of methoxy groups -OCH3 is 1. The molecule has 0 spiro atoms. The molecule has 1 heterocycles. The standard InChI is InChI=1S/C15H12F4N2O2/c1-23-14(22)9-2-4-12(16)10(6-9)7-20-13-5-3-11(8-21-13)15(17,18)19/h2-6,8H,7H2,1H3,(H,20,21). The van der Waals surface area contributed by atoms with Crippen LogP contribution in [0.15, 0.2) is 36.5 Å². The highest BCUT2D eigenvalue weighted by atomic mass is 19.4. The number of rotatable bonds is 4. The van der Waals surface area contributed by atoms with Gasteiger partial charge in [-0.15, -0.1) is 0 Å². The van der Waals surface area contributed by atoms with Gasteiger partial charge in [0.2, 0.25) is 0 Å². The highest BCUT2D eigenvalue weighted by molar-refractivity contribution is 5.89. The maximum absolute atomic E-state index is 13.7. The largest absolute Gasteiger partial charge is 0.465 e. The van der Waals surface area contributed by atoms with Gasteiger partial charge in [-0.05, 0) is 30.3 Å². The fourth-order valence-electron chi connectivity index (χ4n) is 1.81.